The Bertz CT molecular complexity index is 938. The number of ether oxygens (including phenoxy) is 2. The van der Waals surface area contributed by atoms with E-state index in [0.29, 0.717) is 25.3 Å². The predicted octanol–water partition coefficient (Wildman–Crippen LogP) is 2.75. The molecule has 6 heteroatoms. The third-order valence-electron chi connectivity index (χ3n) is 4.74. The van der Waals surface area contributed by atoms with Crippen LogP contribution in [-0.4, -0.2) is 29.4 Å². The van der Waals surface area contributed by atoms with Crippen molar-refractivity contribution in [1.82, 2.24) is 15.1 Å². The van der Waals surface area contributed by atoms with Crippen LogP contribution in [0.25, 0.3) is 5.69 Å². The Morgan fingerprint density at radius 1 is 1.26 bits per heavy atom. The Morgan fingerprint density at radius 3 is 2.96 bits per heavy atom. The van der Waals surface area contributed by atoms with Crippen molar-refractivity contribution in [3.8, 4) is 17.2 Å². The molecule has 1 N–H and O–H groups in total. The van der Waals surface area contributed by atoms with E-state index in [2.05, 4.69) is 10.4 Å². The molecule has 27 heavy (non-hydrogen) atoms. The van der Waals surface area contributed by atoms with E-state index >= 15 is 0 Å². The molecular weight excluding hydrogens is 342 g/mol. The number of nitrogens with zero attached hydrogens (tertiary/aromatic N) is 2. The van der Waals surface area contributed by atoms with E-state index in [9.17, 15) is 4.79 Å². The molecule has 4 rings (SSSR count). The second kappa shape index (κ2) is 7.53. The van der Waals surface area contributed by atoms with Gasteiger partial charge in [-0.3, -0.25) is 4.79 Å². The van der Waals surface area contributed by atoms with Gasteiger partial charge < -0.3 is 14.8 Å². The summed E-state index contributed by atoms with van der Waals surface area (Å²) < 4.78 is 12.9. The van der Waals surface area contributed by atoms with Crippen molar-refractivity contribution in [2.24, 2.45) is 5.92 Å². The zero-order valence-electron chi connectivity index (χ0n) is 15.1. The minimum Gasteiger partial charge on any atom is -0.493 e. The molecule has 6 nitrogen and oxygen atoms in total. The molecule has 0 unspecified atom stereocenters. The van der Waals surface area contributed by atoms with Gasteiger partial charge in [0, 0.05) is 18.9 Å². The number of carbonyl (C=O) groups is 1. The van der Waals surface area contributed by atoms with Crippen molar-refractivity contribution in [2.45, 2.75) is 13.0 Å². The van der Waals surface area contributed by atoms with E-state index in [1.54, 1.807) is 18.0 Å². The van der Waals surface area contributed by atoms with E-state index in [0.717, 1.165) is 22.6 Å². The normalized spacial score (nSPS) is 15.5. The van der Waals surface area contributed by atoms with E-state index in [1.807, 2.05) is 54.7 Å². The van der Waals surface area contributed by atoms with Crippen molar-refractivity contribution in [3.05, 3.63) is 72.1 Å². The Hall–Kier alpha value is -3.28. The summed E-state index contributed by atoms with van der Waals surface area (Å²) in [5, 5.41) is 7.32. The molecule has 138 valence electrons. The first-order valence-corrected chi connectivity index (χ1v) is 8.90. The summed E-state index contributed by atoms with van der Waals surface area (Å²) in [6.45, 7) is 0.788. The minimum atomic E-state index is -0.221. The highest BCUT2D eigenvalue weighted by atomic mass is 16.5. The Kier molecular flexibility index (Phi) is 4.78. The molecule has 1 aliphatic rings. The first-order valence-electron chi connectivity index (χ1n) is 8.90. The van der Waals surface area contributed by atoms with Crippen LogP contribution < -0.4 is 14.8 Å². The molecule has 3 aromatic rings. The summed E-state index contributed by atoms with van der Waals surface area (Å²) in [7, 11) is 1.62. The average molecular weight is 363 g/mol. The van der Waals surface area contributed by atoms with Crippen molar-refractivity contribution >= 4 is 5.91 Å². The van der Waals surface area contributed by atoms with Crippen molar-refractivity contribution in [2.75, 3.05) is 13.7 Å². The van der Waals surface area contributed by atoms with Gasteiger partial charge in [-0.25, -0.2) is 4.68 Å². The maximum atomic E-state index is 12.7. The van der Waals surface area contributed by atoms with Gasteiger partial charge in [-0.1, -0.05) is 30.3 Å². The first-order chi connectivity index (χ1) is 13.3. The standard InChI is InChI=1S/C21H21N3O3/c1-26-19-9-4-7-15-12-17(14-27-20(15)19)21(25)22-13-16-6-2-3-8-18(16)24-11-5-10-23-24/h2-11,17H,12-14H2,1H3,(H,22,25)/t17-/m1/s1. The lowest BCUT2D eigenvalue weighted by Gasteiger charge is -2.26. The molecule has 0 bridgehead atoms. The molecule has 0 aliphatic carbocycles. The van der Waals surface area contributed by atoms with Crippen LogP contribution in [0.1, 0.15) is 11.1 Å². The summed E-state index contributed by atoms with van der Waals surface area (Å²) in [6, 6.07) is 15.5. The summed E-state index contributed by atoms with van der Waals surface area (Å²) >= 11 is 0. The van der Waals surface area contributed by atoms with Crippen LogP contribution in [0, 0.1) is 5.92 Å². The molecule has 2 aromatic carbocycles. The number of hydrogen-bond acceptors (Lipinski definition) is 4. The van der Waals surface area contributed by atoms with Crippen LogP contribution in [0.5, 0.6) is 11.5 Å². The molecule has 0 spiro atoms. The second-order valence-corrected chi connectivity index (χ2v) is 6.46. The minimum absolute atomic E-state index is 0.0151. The largest absolute Gasteiger partial charge is 0.493 e. The highest BCUT2D eigenvalue weighted by Crippen LogP contribution is 2.36. The van der Waals surface area contributed by atoms with Gasteiger partial charge in [0.15, 0.2) is 11.5 Å². The fourth-order valence-corrected chi connectivity index (χ4v) is 3.35. The Labute approximate surface area is 157 Å². The molecular formula is C21H21N3O3. The van der Waals surface area contributed by atoms with Crippen molar-refractivity contribution < 1.29 is 14.3 Å². The van der Waals surface area contributed by atoms with Crippen molar-refractivity contribution in [3.63, 3.8) is 0 Å². The molecule has 0 saturated heterocycles. The number of para-hydroxylation sites is 2. The lowest BCUT2D eigenvalue weighted by Crippen LogP contribution is -2.37. The molecule has 0 radical (unpaired) electrons. The molecule has 1 aliphatic heterocycles. The molecule has 0 fully saturated rings. The van der Waals surface area contributed by atoms with Gasteiger partial charge in [0.2, 0.25) is 5.91 Å². The highest BCUT2D eigenvalue weighted by Gasteiger charge is 2.27. The fraction of sp³-hybridized carbons (Fsp3) is 0.238. The van der Waals surface area contributed by atoms with Gasteiger partial charge in [-0.15, -0.1) is 0 Å². The number of benzene rings is 2. The van der Waals surface area contributed by atoms with E-state index < -0.39 is 0 Å². The second-order valence-electron chi connectivity index (χ2n) is 6.46. The lowest BCUT2D eigenvalue weighted by molar-refractivity contribution is -0.126. The first kappa shape index (κ1) is 17.1. The van der Waals surface area contributed by atoms with Gasteiger partial charge >= 0.3 is 0 Å². The predicted molar refractivity (Wildman–Crippen MR) is 101 cm³/mol. The number of carbonyl (C=O) groups excluding carboxylic acids is 1. The molecule has 0 saturated carbocycles. The van der Waals surface area contributed by atoms with Crippen LogP contribution >= 0.6 is 0 Å². The van der Waals surface area contributed by atoms with Crippen LogP contribution in [0.2, 0.25) is 0 Å². The van der Waals surface area contributed by atoms with Gasteiger partial charge in [0.05, 0.1) is 18.7 Å². The molecule has 2 heterocycles. The lowest BCUT2D eigenvalue weighted by atomic mass is 9.95. The third kappa shape index (κ3) is 3.51. The third-order valence-corrected chi connectivity index (χ3v) is 4.74. The number of nitrogens with one attached hydrogen (secondary N) is 1. The van der Waals surface area contributed by atoms with Gasteiger partial charge in [0.1, 0.15) is 6.61 Å². The van der Waals surface area contributed by atoms with E-state index in [-0.39, 0.29) is 11.8 Å². The number of fused-ring (bicyclic) bond motifs is 1. The SMILES string of the molecule is COc1cccc2c1OC[C@H](C(=O)NCc1ccccc1-n1cccn1)C2. The maximum absolute atomic E-state index is 12.7. The van der Waals surface area contributed by atoms with Gasteiger partial charge in [0.25, 0.3) is 0 Å². The Morgan fingerprint density at radius 2 is 2.15 bits per heavy atom. The van der Waals surface area contributed by atoms with Gasteiger partial charge in [-0.05, 0) is 35.7 Å². The highest BCUT2D eigenvalue weighted by molar-refractivity contribution is 5.79. The summed E-state index contributed by atoms with van der Waals surface area (Å²) in [5.41, 5.74) is 2.96. The molecule has 1 atom stereocenters. The number of aromatic nitrogens is 2. The molecule has 1 aromatic heterocycles. The van der Waals surface area contributed by atoms with E-state index in [4.69, 9.17) is 9.47 Å². The number of amides is 1. The monoisotopic (exact) mass is 363 g/mol. The Balaban J connectivity index is 1.44. The fourth-order valence-electron chi connectivity index (χ4n) is 3.35. The average Bonchev–Trinajstić information content (AvgIpc) is 3.26. The van der Waals surface area contributed by atoms with Gasteiger partial charge in [-0.2, -0.15) is 5.10 Å². The zero-order chi connectivity index (χ0) is 18.6. The number of hydrogen-bond donors (Lipinski definition) is 1. The van der Waals surface area contributed by atoms with Crippen LogP contribution in [0.4, 0.5) is 0 Å². The van der Waals surface area contributed by atoms with Crippen LogP contribution in [0.3, 0.4) is 0 Å². The summed E-state index contributed by atoms with van der Waals surface area (Å²) in [4.78, 5) is 12.7. The van der Waals surface area contributed by atoms with Crippen LogP contribution in [0.15, 0.2) is 60.9 Å². The number of methoxy groups -OCH3 is 1. The topological polar surface area (TPSA) is 65.4 Å². The van der Waals surface area contributed by atoms with Crippen molar-refractivity contribution in [1.29, 1.82) is 0 Å². The zero-order valence-corrected chi connectivity index (χ0v) is 15.1. The number of rotatable bonds is 5. The summed E-state index contributed by atoms with van der Waals surface area (Å²) in [5.74, 6) is 1.22. The quantitative estimate of drug-likeness (QED) is 0.757. The maximum Gasteiger partial charge on any atom is 0.227 e. The smallest absolute Gasteiger partial charge is 0.227 e. The van der Waals surface area contributed by atoms with E-state index in [1.165, 1.54) is 0 Å². The molecule has 1 amide bonds. The summed E-state index contributed by atoms with van der Waals surface area (Å²) in [6.07, 6.45) is 4.26. The van der Waals surface area contributed by atoms with Crippen LogP contribution in [-0.2, 0) is 17.8 Å².